The zero-order valence-corrected chi connectivity index (χ0v) is 14.9. The van der Waals surface area contributed by atoms with Crippen molar-refractivity contribution in [3.8, 4) is 0 Å². The van der Waals surface area contributed by atoms with Crippen molar-refractivity contribution in [2.45, 2.75) is 6.54 Å². The van der Waals surface area contributed by atoms with Gasteiger partial charge in [-0.2, -0.15) is 5.10 Å². The molecule has 7 nitrogen and oxygen atoms in total. The summed E-state index contributed by atoms with van der Waals surface area (Å²) >= 11 is 6.09. The minimum atomic E-state index is -0.362. The molecule has 0 aliphatic carbocycles. The average Bonchev–Trinajstić information content (AvgIpc) is 2.67. The molecule has 1 fully saturated rings. The summed E-state index contributed by atoms with van der Waals surface area (Å²) in [4.78, 5) is 13.1. The van der Waals surface area contributed by atoms with Crippen LogP contribution in [0.1, 0.15) is 11.1 Å². The van der Waals surface area contributed by atoms with Crippen LogP contribution in [0.5, 0.6) is 0 Å². The summed E-state index contributed by atoms with van der Waals surface area (Å²) in [6, 6.07) is 12.6. The van der Waals surface area contributed by atoms with Crippen molar-refractivity contribution in [1.29, 1.82) is 0 Å². The summed E-state index contributed by atoms with van der Waals surface area (Å²) < 4.78 is 5.31. The molecule has 0 unspecified atom stereocenters. The van der Waals surface area contributed by atoms with Crippen molar-refractivity contribution in [1.82, 2.24) is 5.43 Å². The number of rotatable bonds is 6. The molecule has 0 saturated carbocycles. The van der Waals surface area contributed by atoms with Crippen LogP contribution in [0.2, 0.25) is 5.02 Å². The quantitative estimate of drug-likeness (QED) is 0.477. The molecule has 0 aromatic heterocycles. The van der Waals surface area contributed by atoms with E-state index in [-0.39, 0.29) is 10.6 Å². The molecule has 0 radical (unpaired) electrons. The number of halogens is 1. The van der Waals surface area contributed by atoms with Gasteiger partial charge in [0.25, 0.3) is 5.69 Å². The molecule has 1 N–H and O–H groups in total. The SMILES string of the molecule is O=[N+]([O-])c1cc(/C=N\NCc2ccccc2Cl)ccc1N1CCOCC1. The highest BCUT2D eigenvalue weighted by Gasteiger charge is 2.21. The van der Waals surface area contributed by atoms with E-state index in [1.54, 1.807) is 12.3 Å². The molecule has 2 aromatic rings. The van der Waals surface area contributed by atoms with E-state index < -0.39 is 0 Å². The molecule has 1 aliphatic rings. The molecular formula is C18H19ClN4O3. The summed E-state index contributed by atoms with van der Waals surface area (Å²) in [7, 11) is 0. The number of anilines is 1. The van der Waals surface area contributed by atoms with Crippen LogP contribution in [-0.2, 0) is 11.3 Å². The van der Waals surface area contributed by atoms with Crippen molar-refractivity contribution in [2.75, 3.05) is 31.2 Å². The fourth-order valence-corrected chi connectivity index (χ4v) is 2.93. The number of nitro groups is 1. The summed E-state index contributed by atoms with van der Waals surface area (Å²) in [5.41, 5.74) is 5.17. The molecule has 2 aromatic carbocycles. The van der Waals surface area contributed by atoms with Crippen LogP contribution >= 0.6 is 11.6 Å². The van der Waals surface area contributed by atoms with Crippen LogP contribution in [0.3, 0.4) is 0 Å². The maximum absolute atomic E-state index is 11.4. The van der Waals surface area contributed by atoms with E-state index in [0.29, 0.717) is 49.1 Å². The Morgan fingerprint density at radius 1 is 1.27 bits per heavy atom. The fourth-order valence-electron chi connectivity index (χ4n) is 2.73. The third-order valence-corrected chi connectivity index (χ3v) is 4.45. The van der Waals surface area contributed by atoms with Crippen LogP contribution in [-0.4, -0.2) is 37.4 Å². The van der Waals surface area contributed by atoms with Crippen molar-refractivity contribution in [2.24, 2.45) is 5.10 Å². The molecule has 0 spiro atoms. The van der Waals surface area contributed by atoms with E-state index in [9.17, 15) is 10.1 Å². The van der Waals surface area contributed by atoms with Crippen molar-refractivity contribution in [3.05, 3.63) is 68.7 Å². The van der Waals surface area contributed by atoms with Gasteiger partial charge >= 0.3 is 0 Å². The Morgan fingerprint density at radius 2 is 2.04 bits per heavy atom. The maximum atomic E-state index is 11.4. The first kappa shape index (κ1) is 18.2. The Morgan fingerprint density at radius 3 is 2.77 bits per heavy atom. The lowest BCUT2D eigenvalue weighted by Crippen LogP contribution is -2.36. The summed E-state index contributed by atoms with van der Waals surface area (Å²) in [5, 5.41) is 16.2. The van der Waals surface area contributed by atoms with E-state index in [1.165, 1.54) is 6.07 Å². The maximum Gasteiger partial charge on any atom is 0.293 e. The molecule has 1 saturated heterocycles. The first-order chi connectivity index (χ1) is 12.6. The Bertz CT molecular complexity index is 807. The third-order valence-electron chi connectivity index (χ3n) is 4.08. The van der Waals surface area contributed by atoms with Crippen LogP contribution in [0.4, 0.5) is 11.4 Å². The number of nitrogens with one attached hydrogen (secondary N) is 1. The van der Waals surface area contributed by atoms with Crippen LogP contribution in [0.25, 0.3) is 0 Å². The van der Waals surface area contributed by atoms with Gasteiger partial charge < -0.3 is 15.1 Å². The van der Waals surface area contributed by atoms with E-state index >= 15 is 0 Å². The number of hydrogen-bond donors (Lipinski definition) is 1. The first-order valence-corrected chi connectivity index (χ1v) is 8.63. The Kier molecular flexibility index (Phi) is 6.04. The molecule has 1 aliphatic heterocycles. The number of hydrogen-bond acceptors (Lipinski definition) is 6. The molecule has 0 atom stereocenters. The number of benzene rings is 2. The van der Waals surface area contributed by atoms with Gasteiger partial charge in [-0.25, -0.2) is 0 Å². The largest absolute Gasteiger partial charge is 0.378 e. The van der Waals surface area contributed by atoms with Crippen molar-refractivity contribution < 1.29 is 9.66 Å². The Hall–Kier alpha value is -2.64. The molecule has 1 heterocycles. The van der Waals surface area contributed by atoms with Crippen LogP contribution < -0.4 is 10.3 Å². The highest BCUT2D eigenvalue weighted by molar-refractivity contribution is 6.31. The minimum Gasteiger partial charge on any atom is -0.378 e. The van der Waals surface area contributed by atoms with Gasteiger partial charge in [0.1, 0.15) is 5.69 Å². The van der Waals surface area contributed by atoms with Crippen LogP contribution in [0, 0.1) is 10.1 Å². The van der Waals surface area contributed by atoms with Crippen LogP contribution in [0.15, 0.2) is 47.6 Å². The number of nitro benzene ring substituents is 1. The number of hydrazone groups is 1. The number of ether oxygens (including phenoxy) is 1. The monoisotopic (exact) mass is 374 g/mol. The predicted octanol–water partition coefficient (Wildman–Crippen LogP) is 3.21. The zero-order chi connectivity index (χ0) is 18.4. The second-order valence-corrected chi connectivity index (χ2v) is 6.20. The van der Waals surface area contributed by atoms with E-state index in [1.807, 2.05) is 35.2 Å². The molecule has 136 valence electrons. The van der Waals surface area contributed by atoms with Gasteiger partial charge in [-0.15, -0.1) is 0 Å². The molecular weight excluding hydrogens is 356 g/mol. The zero-order valence-electron chi connectivity index (χ0n) is 14.1. The standard InChI is InChI=1S/C18H19ClN4O3/c19-16-4-2-1-3-15(16)13-21-20-12-14-5-6-17(18(11-14)23(24)25)22-7-9-26-10-8-22/h1-6,11-12,21H,7-10,13H2/b20-12-. The first-order valence-electron chi connectivity index (χ1n) is 8.25. The molecule has 26 heavy (non-hydrogen) atoms. The predicted molar refractivity (Wildman–Crippen MR) is 102 cm³/mol. The number of morpholine rings is 1. The minimum absolute atomic E-state index is 0.0713. The Labute approximate surface area is 156 Å². The highest BCUT2D eigenvalue weighted by Crippen LogP contribution is 2.29. The second kappa shape index (κ2) is 8.64. The lowest BCUT2D eigenvalue weighted by atomic mass is 10.1. The second-order valence-electron chi connectivity index (χ2n) is 5.79. The van der Waals surface area contributed by atoms with Gasteiger partial charge in [-0.3, -0.25) is 10.1 Å². The smallest absolute Gasteiger partial charge is 0.293 e. The summed E-state index contributed by atoms with van der Waals surface area (Å²) in [6.07, 6.45) is 1.56. The molecule has 0 amide bonds. The fraction of sp³-hybridized carbons (Fsp3) is 0.278. The third kappa shape index (κ3) is 4.50. The van der Waals surface area contributed by atoms with Gasteiger partial charge in [-0.05, 0) is 17.7 Å². The van der Waals surface area contributed by atoms with E-state index in [2.05, 4.69) is 10.5 Å². The average molecular weight is 375 g/mol. The van der Waals surface area contributed by atoms with Gasteiger partial charge in [0, 0.05) is 29.7 Å². The number of nitrogens with zero attached hydrogens (tertiary/aromatic N) is 3. The van der Waals surface area contributed by atoms with Crippen molar-refractivity contribution >= 4 is 29.2 Å². The highest BCUT2D eigenvalue weighted by atomic mass is 35.5. The van der Waals surface area contributed by atoms with Gasteiger partial charge in [0.05, 0.1) is 30.9 Å². The lowest BCUT2D eigenvalue weighted by molar-refractivity contribution is -0.384. The normalized spacial score (nSPS) is 14.6. The Balaban J connectivity index is 1.69. The topological polar surface area (TPSA) is 80.0 Å². The molecule has 0 bridgehead atoms. The summed E-state index contributed by atoms with van der Waals surface area (Å²) in [6.45, 7) is 2.92. The molecule has 3 rings (SSSR count). The summed E-state index contributed by atoms with van der Waals surface area (Å²) in [5.74, 6) is 0. The van der Waals surface area contributed by atoms with E-state index in [0.717, 1.165) is 5.56 Å². The van der Waals surface area contributed by atoms with Gasteiger partial charge in [-0.1, -0.05) is 35.9 Å². The van der Waals surface area contributed by atoms with Gasteiger partial charge in [0.15, 0.2) is 0 Å². The lowest BCUT2D eigenvalue weighted by Gasteiger charge is -2.28. The molecule has 8 heteroatoms. The van der Waals surface area contributed by atoms with Crippen molar-refractivity contribution in [3.63, 3.8) is 0 Å². The van der Waals surface area contributed by atoms with E-state index in [4.69, 9.17) is 16.3 Å². The van der Waals surface area contributed by atoms with Gasteiger partial charge in [0.2, 0.25) is 0 Å².